The van der Waals surface area contributed by atoms with E-state index >= 15 is 0 Å². The molecule has 1 atom stereocenters. The number of hydrogen-bond donors (Lipinski definition) is 1. The van der Waals surface area contributed by atoms with E-state index in [1.807, 2.05) is 6.26 Å². The summed E-state index contributed by atoms with van der Waals surface area (Å²) in [6.07, 6.45) is 5.21. The van der Waals surface area contributed by atoms with Crippen LogP contribution in [-0.2, 0) is 11.2 Å². The van der Waals surface area contributed by atoms with Crippen molar-refractivity contribution in [2.45, 2.75) is 43.7 Å². The fraction of sp³-hybridized carbons (Fsp3) is 0.350. The molecule has 2 aliphatic rings. The van der Waals surface area contributed by atoms with Gasteiger partial charge >= 0.3 is 0 Å². The molecule has 128 valence electrons. The molecule has 0 amide bonds. The summed E-state index contributed by atoms with van der Waals surface area (Å²) in [7, 11) is 0. The van der Waals surface area contributed by atoms with Gasteiger partial charge in [0.05, 0.1) is 5.69 Å². The molecule has 1 heterocycles. The van der Waals surface area contributed by atoms with Crippen molar-refractivity contribution in [3.8, 4) is 0 Å². The summed E-state index contributed by atoms with van der Waals surface area (Å²) in [6.45, 7) is 2.07. The first-order valence-electron chi connectivity index (χ1n) is 8.60. The Kier molecular flexibility index (Phi) is 4.12. The Morgan fingerprint density at radius 3 is 2.64 bits per heavy atom. The van der Waals surface area contributed by atoms with Gasteiger partial charge in [-0.2, -0.15) is 0 Å². The van der Waals surface area contributed by atoms with Crippen LogP contribution in [0.15, 0.2) is 40.6 Å². The van der Waals surface area contributed by atoms with E-state index in [1.54, 1.807) is 0 Å². The van der Waals surface area contributed by atoms with E-state index < -0.39 is 0 Å². The second-order valence-electron chi connectivity index (χ2n) is 6.77. The van der Waals surface area contributed by atoms with Crippen molar-refractivity contribution in [2.24, 2.45) is 0 Å². The van der Waals surface area contributed by atoms with Gasteiger partial charge in [-0.05, 0) is 31.6 Å². The summed E-state index contributed by atoms with van der Waals surface area (Å²) in [6, 6.07) is 8.38. The molecule has 2 aliphatic carbocycles. The third-order valence-corrected chi connectivity index (χ3v) is 5.70. The highest BCUT2D eigenvalue weighted by atomic mass is 32.2. The molecule has 5 heteroatoms. The maximum Gasteiger partial charge on any atom is 0.189 e. The average molecular weight is 351 g/mol. The summed E-state index contributed by atoms with van der Waals surface area (Å²) in [4.78, 5) is 22.0. The molecule has 0 aliphatic heterocycles. The second-order valence-corrected chi connectivity index (χ2v) is 7.54. The van der Waals surface area contributed by atoms with Gasteiger partial charge in [0.2, 0.25) is 0 Å². The number of carbonyl (C=O) groups excluding carboxylic acids is 1. The number of benzene rings is 1. The molecule has 1 aromatic carbocycles. The number of fused-ring (bicyclic) bond motifs is 1. The summed E-state index contributed by atoms with van der Waals surface area (Å²) in [5, 5.41) is 0.699. The Bertz CT molecular complexity index is 887. The highest BCUT2D eigenvalue weighted by Gasteiger charge is 2.37. The van der Waals surface area contributed by atoms with Crippen LogP contribution in [0.3, 0.4) is 0 Å². The number of nitrogen functional groups attached to an aromatic ring is 1. The van der Waals surface area contributed by atoms with Crippen LogP contribution in [0.2, 0.25) is 0 Å². The third kappa shape index (κ3) is 2.76. The summed E-state index contributed by atoms with van der Waals surface area (Å²) in [5.74, 6) is 0.624. The summed E-state index contributed by atoms with van der Waals surface area (Å²) < 4.78 is 0. The highest BCUT2D eigenvalue weighted by molar-refractivity contribution is 7.98. The second kappa shape index (κ2) is 6.30. The predicted molar refractivity (Wildman–Crippen MR) is 101 cm³/mol. The zero-order valence-corrected chi connectivity index (χ0v) is 15.3. The fourth-order valence-electron chi connectivity index (χ4n) is 3.97. The van der Waals surface area contributed by atoms with E-state index in [0.717, 1.165) is 41.7 Å². The zero-order chi connectivity index (χ0) is 17.6. The predicted octanol–water partition coefficient (Wildman–Crippen LogP) is 3.83. The monoisotopic (exact) mass is 351 g/mol. The number of allylic oxidation sites excluding steroid dienone is 2. The van der Waals surface area contributed by atoms with Gasteiger partial charge < -0.3 is 5.73 Å². The molecule has 0 fully saturated rings. The molecule has 25 heavy (non-hydrogen) atoms. The third-order valence-electron chi connectivity index (χ3n) is 5.15. The first-order chi connectivity index (χ1) is 12.1. The highest BCUT2D eigenvalue weighted by Crippen LogP contribution is 2.46. The van der Waals surface area contributed by atoms with Crippen LogP contribution >= 0.6 is 11.8 Å². The number of carbonyl (C=O) groups is 1. The Labute approximate surface area is 152 Å². The van der Waals surface area contributed by atoms with E-state index in [1.165, 1.54) is 22.9 Å². The summed E-state index contributed by atoms with van der Waals surface area (Å²) >= 11 is 1.50. The van der Waals surface area contributed by atoms with Crippen LogP contribution in [0.1, 0.15) is 47.6 Å². The Morgan fingerprint density at radius 2 is 1.92 bits per heavy atom. The number of nitrogens with two attached hydrogens (primary N) is 1. The van der Waals surface area contributed by atoms with Gasteiger partial charge in [-0.1, -0.05) is 47.2 Å². The lowest BCUT2D eigenvalue weighted by Crippen LogP contribution is -2.27. The molecule has 2 aromatic rings. The number of aromatic nitrogens is 2. The Hall–Kier alpha value is -2.14. The van der Waals surface area contributed by atoms with E-state index in [2.05, 4.69) is 36.2 Å². The van der Waals surface area contributed by atoms with Crippen molar-refractivity contribution in [3.63, 3.8) is 0 Å². The first kappa shape index (κ1) is 16.3. The van der Waals surface area contributed by atoms with E-state index in [4.69, 9.17) is 10.7 Å². The van der Waals surface area contributed by atoms with E-state index in [0.29, 0.717) is 17.4 Å². The minimum Gasteiger partial charge on any atom is -0.383 e. The maximum absolute atomic E-state index is 12.8. The van der Waals surface area contributed by atoms with Crippen molar-refractivity contribution < 1.29 is 4.79 Å². The van der Waals surface area contributed by atoms with Gasteiger partial charge in [-0.15, -0.1) is 0 Å². The molecule has 1 aromatic heterocycles. The number of ketones is 1. The number of nitrogens with zero attached hydrogens (tertiary/aromatic N) is 2. The van der Waals surface area contributed by atoms with Gasteiger partial charge in [-0.3, -0.25) is 4.79 Å². The van der Waals surface area contributed by atoms with Gasteiger partial charge in [0, 0.05) is 29.9 Å². The molecular formula is C20H21N3OS. The molecule has 2 N–H and O–H groups in total. The first-order valence-corrected chi connectivity index (χ1v) is 9.83. The van der Waals surface area contributed by atoms with Crippen molar-refractivity contribution in [3.05, 3.63) is 57.8 Å². The standard InChI is InChI=1S/C20H21N3OS/c1-11-6-8-12(9-7-11)17-16-13(4-3-5-15(16)24)10-14-18(17)19(21)23-20(22-14)25-2/h6-9,17H,3-5,10H2,1-2H3,(H2,21,22,23). The lowest BCUT2D eigenvalue weighted by molar-refractivity contribution is -0.116. The average Bonchev–Trinajstić information content (AvgIpc) is 2.61. The number of anilines is 1. The molecular weight excluding hydrogens is 330 g/mol. The Balaban J connectivity index is 1.96. The van der Waals surface area contributed by atoms with Gasteiger partial charge in [-0.25, -0.2) is 9.97 Å². The van der Waals surface area contributed by atoms with Crippen LogP contribution in [0.5, 0.6) is 0 Å². The fourth-order valence-corrected chi connectivity index (χ4v) is 4.36. The number of hydrogen-bond acceptors (Lipinski definition) is 5. The van der Waals surface area contributed by atoms with Crippen LogP contribution in [0.4, 0.5) is 5.82 Å². The van der Waals surface area contributed by atoms with Crippen molar-refractivity contribution in [1.29, 1.82) is 0 Å². The molecule has 4 rings (SSSR count). The molecule has 0 saturated heterocycles. The molecule has 4 nitrogen and oxygen atoms in total. The summed E-state index contributed by atoms with van der Waals surface area (Å²) in [5.41, 5.74) is 12.7. The normalized spacial score (nSPS) is 19.6. The van der Waals surface area contributed by atoms with Crippen LogP contribution in [0.25, 0.3) is 0 Å². The lowest BCUT2D eigenvalue weighted by atomic mass is 9.71. The molecule has 0 saturated carbocycles. The Morgan fingerprint density at radius 1 is 1.16 bits per heavy atom. The van der Waals surface area contributed by atoms with Crippen molar-refractivity contribution in [1.82, 2.24) is 9.97 Å². The number of rotatable bonds is 2. The quantitative estimate of drug-likeness (QED) is 0.658. The van der Waals surface area contributed by atoms with Crippen LogP contribution in [-0.4, -0.2) is 22.0 Å². The smallest absolute Gasteiger partial charge is 0.189 e. The van der Waals surface area contributed by atoms with Crippen LogP contribution < -0.4 is 5.73 Å². The maximum atomic E-state index is 12.8. The lowest BCUT2D eigenvalue weighted by Gasteiger charge is -2.33. The zero-order valence-electron chi connectivity index (χ0n) is 14.5. The molecule has 1 unspecified atom stereocenters. The number of Topliss-reactive ketones (excluding diaryl/α,β-unsaturated/α-hetero) is 1. The van der Waals surface area contributed by atoms with E-state index in [9.17, 15) is 4.79 Å². The number of aryl methyl sites for hydroxylation is 1. The minimum absolute atomic E-state index is 0.136. The molecule has 0 bridgehead atoms. The van der Waals surface area contributed by atoms with Gasteiger partial charge in [0.1, 0.15) is 5.82 Å². The van der Waals surface area contributed by atoms with Gasteiger partial charge in [0.25, 0.3) is 0 Å². The van der Waals surface area contributed by atoms with E-state index in [-0.39, 0.29) is 11.7 Å². The molecule has 0 spiro atoms. The number of thioether (sulfide) groups is 1. The van der Waals surface area contributed by atoms with Crippen LogP contribution in [0, 0.1) is 6.92 Å². The van der Waals surface area contributed by atoms with Crippen molar-refractivity contribution in [2.75, 3.05) is 12.0 Å². The largest absolute Gasteiger partial charge is 0.383 e. The SMILES string of the molecule is CSc1nc(N)c2c(n1)CC1=C(C(=O)CCC1)C2c1ccc(C)cc1. The minimum atomic E-state index is -0.136. The topological polar surface area (TPSA) is 68.9 Å². The van der Waals surface area contributed by atoms with Crippen molar-refractivity contribution >= 4 is 23.4 Å². The molecule has 0 radical (unpaired) electrons. The van der Waals surface area contributed by atoms with Gasteiger partial charge in [0.15, 0.2) is 10.9 Å².